The van der Waals surface area contributed by atoms with E-state index >= 15 is 0 Å². The number of nitrogens with two attached hydrogens (primary N) is 1. The molecule has 0 spiro atoms. The minimum atomic E-state index is -0.262. The molecule has 0 bridgehead atoms. The van der Waals surface area contributed by atoms with E-state index in [2.05, 4.69) is 37.9 Å². The molecule has 0 aliphatic carbocycles. The van der Waals surface area contributed by atoms with Gasteiger partial charge in [0.2, 0.25) is 0 Å². The summed E-state index contributed by atoms with van der Waals surface area (Å²) >= 11 is 2.08. The first-order valence-corrected chi connectivity index (χ1v) is 7.32. The number of benzene rings is 1. The summed E-state index contributed by atoms with van der Waals surface area (Å²) in [7, 11) is 0. The van der Waals surface area contributed by atoms with Gasteiger partial charge in [0, 0.05) is 15.1 Å². The van der Waals surface area contributed by atoms with Crippen LogP contribution >= 0.6 is 22.6 Å². The van der Waals surface area contributed by atoms with Crippen molar-refractivity contribution in [3.63, 3.8) is 0 Å². The van der Waals surface area contributed by atoms with Gasteiger partial charge in [-0.15, -0.1) is 0 Å². The minimum absolute atomic E-state index is 0.186. The topological polar surface area (TPSA) is 63.8 Å². The van der Waals surface area contributed by atoms with Crippen LogP contribution in [0.3, 0.4) is 0 Å². The van der Waals surface area contributed by atoms with Gasteiger partial charge in [-0.1, -0.05) is 13.8 Å². The van der Waals surface area contributed by atoms with Crippen LogP contribution in [0, 0.1) is 16.3 Å². The quantitative estimate of drug-likeness (QED) is 0.784. The molecule has 0 saturated heterocycles. The van der Waals surface area contributed by atoms with Crippen LogP contribution in [0.2, 0.25) is 0 Å². The van der Waals surface area contributed by atoms with Crippen molar-refractivity contribution in [3.05, 3.63) is 39.0 Å². The SMILES string of the molecule is Cc1c(N)nc(C(C)C)nc1Nc1ccc(F)cc1I. The van der Waals surface area contributed by atoms with Crippen molar-refractivity contribution in [1.82, 2.24) is 9.97 Å². The maximum Gasteiger partial charge on any atom is 0.139 e. The minimum Gasteiger partial charge on any atom is -0.383 e. The second kappa shape index (κ2) is 5.90. The van der Waals surface area contributed by atoms with E-state index in [9.17, 15) is 4.39 Å². The van der Waals surface area contributed by atoms with Gasteiger partial charge in [-0.3, -0.25) is 0 Å². The Morgan fingerprint density at radius 3 is 2.60 bits per heavy atom. The molecule has 1 heterocycles. The number of nitrogens with one attached hydrogen (secondary N) is 1. The molecular formula is C14H16FIN4. The molecule has 1 aromatic heterocycles. The van der Waals surface area contributed by atoms with Crippen LogP contribution in [-0.2, 0) is 0 Å². The van der Waals surface area contributed by atoms with Crippen LogP contribution in [0.5, 0.6) is 0 Å². The van der Waals surface area contributed by atoms with Gasteiger partial charge in [-0.25, -0.2) is 14.4 Å². The lowest BCUT2D eigenvalue weighted by atomic mass is 10.2. The third kappa shape index (κ3) is 3.17. The second-order valence-corrected chi connectivity index (χ2v) is 6.01. The fraction of sp³-hybridized carbons (Fsp3) is 0.286. The van der Waals surface area contributed by atoms with Gasteiger partial charge >= 0.3 is 0 Å². The van der Waals surface area contributed by atoms with E-state index in [0.717, 1.165) is 14.8 Å². The van der Waals surface area contributed by atoms with E-state index in [1.54, 1.807) is 6.07 Å². The van der Waals surface area contributed by atoms with Gasteiger partial charge in [0.25, 0.3) is 0 Å². The predicted octanol–water partition coefficient (Wildman–Crippen LogP) is 3.98. The summed E-state index contributed by atoms with van der Waals surface area (Å²) < 4.78 is 13.9. The molecule has 3 N–H and O–H groups in total. The van der Waals surface area contributed by atoms with Crippen molar-refractivity contribution < 1.29 is 4.39 Å². The zero-order valence-electron chi connectivity index (χ0n) is 11.5. The highest BCUT2D eigenvalue weighted by Gasteiger charge is 2.12. The number of anilines is 3. The molecule has 0 fully saturated rings. The van der Waals surface area contributed by atoms with Crippen molar-refractivity contribution in [2.45, 2.75) is 26.7 Å². The zero-order chi connectivity index (χ0) is 14.9. The monoisotopic (exact) mass is 386 g/mol. The highest BCUT2D eigenvalue weighted by atomic mass is 127. The van der Waals surface area contributed by atoms with E-state index < -0.39 is 0 Å². The molecule has 0 radical (unpaired) electrons. The number of aromatic nitrogens is 2. The number of nitrogens with zero attached hydrogens (tertiary/aromatic N) is 2. The van der Waals surface area contributed by atoms with E-state index in [1.165, 1.54) is 12.1 Å². The summed E-state index contributed by atoms with van der Waals surface area (Å²) in [6.07, 6.45) is 0. The number of hydrogen-bond donors (Lipinski definition) is 2. The molecule has 2 rings (SSSR count). The normalized spacial score (nSPS) is 10.9. The summed E-state index contributed by atoms with van der Waals surface area (Å²) in [4.78, 5) is 8.77. The van der Waals surface area contributed by atoms with Crippen molar-refractivity contribution in [3.8, 4) is 0 Å². The maximum atomic E-state index is 13.1. The first-order chi connectivity index (χ1) is 9.38. The smallest absolute Gasteiger partial charge is 0.139 e. The van der Waals surface area contributed by atoms with Gasteiger partial charge in [-0.05, 0) is 47.7 Å². The molecule has 4 nitrogen and oxygen atoms in total. The van der Waals surface area contributed by atoms with E-state index in [4.69, 9.17) is 5.73 Å². The third-order valence-corrected chi connectivity index (χ3v) is 3.79. The molecular weight excluding hydrogens is 370 g/mol. The first-order valence-electron chi connectivity index (χ1n) is 6.24. The van der Waals surface area contributed by atoms with Gasteiger partial charge in [0.15, 0.2) is 0 Å². The molecule has 106 valence electrons. The molecule has 0 atom stereocenters. The number of halogens is 2. The Kier molecular flexibility index (Phi) is 4.42. The van der Waals surface area contributed by atoms with Crippen molar-refractivity contribution >= 4 is 39.9 Å². The number of nitrogen functional groups attached to an aromatic ring is 1. The fourth-order valence-electron chi connectivity index (χ4n) is 1.65. The maximum absolute atomic E-state index is 13.1. The first kappa shape index (κ1) is 15.0. The summed E-state index contributed by atoms with van der Waals surface area (Å²) in [6, 6.07) is 4.56. The van der Waals surface area contributed by atoms with Crippen LogP contribution in [0.15, 0.2) is 18.2 Å². The zero-order valence-corrected chi connectivity index (χ0v) is 13.7. The number of rotatable bonds is 3. The lowest BCUT2D eigenvalue weighted by Gasteiger charge is -2.14. The molecule has 1 aromatic carbocycles. The summed E-state index contributed by atoms with van der Waals surface area (Å²) in [5, 5.41) is 3.20. The summed E-state index contributed by atoms with van der Waals surface area (Å²) in [5.74, 6) is 1.73. The summed E-state index contributed by atoms with van der Waals surface area (Å²) in [5.41, 5.74) is 7.50. The predicted molar refractivity (Wildman–Crippen MR) is 87.7 cm³/mol. The molecule has 0 aliphatic heterocycles. The Labute approximate surface area is 131 Å². The molecule has 2 aromatic rings. The Hall–Kier alpha value is -1.44. The fourth-order valence-corrected chi connectivity index (χ4v) is 2.26. The highest BCUT2D eigenvalue weighted by molar-refractivity contribution is 14.1. The summed E-state index contributed by atoms with van der Waals surface area (Å²) in [6.45, 7) is 5.88. The van der Waals surface area contributed by atoms with Gasteiger partial charge in [0.05, 0.1) is 5.69 Å². The van der Waals surface area contributed by atoms with Crippen LogP contribution in [0.4, 0.5) is 21.7 Å². The Balaban J connectivity index is 2.42. The number of hydrogen-bond acceptors (Lipinski definition) is 4. The van der Waals surface area contributed by atoms with Crippen LogP contribution < -0.4 is 11.1 Å². The lowest BCUT2D eigenvalue weighted by molar-refractivity contribution is 0.627. The molecule has 0 unspecified atom stereocenters. The molecule has 0 saturated carbocycles. The molecule has 6 heteroatoms. The molecule has 20 heavy (non-hydrogen) atoms. The van der Waals surface area contributed by atoms with Crippen molar-refractivity contribution in [1.29, 1.82) is 0 Å². The molecule has 0 amide bonds. The second-order valence-electron chi connectivity index (χ2n) is 4.84. The van der Waals surface area contributed by atoms with Crippen LogP contribution in [0.1, 0.15) is 31.2 Å². The van der Waals surface area contributed by atoms with Crippen LogP contribution in [-0.4, -0.2) is 9.97 Å². The van der Waals surface area contributed by atoms with Crippen molar-refractivity contribution in [2.75, 3.05) is 11.1 Å². The molecule has 0 aliphatic rings. The van der Waals surface area contributed by atoms with Crippen molar-refractivity contribution in [2.24, 2.45) is 0 Å². The highest BCUT2D eigenvalue weighted by Crippen LogP contribution is 2.27. The van der Waals surface area contributed by atoms with E-state index in [1.807, 2.05) is 20.8 Å². The Morgan fingerprint density at radius 2 is 2.00 bits per heavy atom. The average molecular weight is 386 g/mol. The van der Waals surface area contributed by atoms with Crippen LogP contribution in [0.25, 0.3) is 0 Å². The Morgan fingerprint density at radius 1 is 1.30 bits per heavy atom. The Bertz CT molecular complexity index is 643. The standard InChI is InChI=1S/C14H16FIN4/c1-7(2)13-19-12(17)8(3)14(20-13)18-11-5-4-9(15)6-10(11)16/h4-7H,1-3H3,(H3,17,18,19,20). The van der Waals surface area contributed by atoms with E-state index in [0.29, 0.717) is 17.5 Å². The third-order valence-electron chi connectivity index (χ3n) is 2.90. The van der Waals surface area contributed by atoms with Gasteiger partial charge in [-0.2, -0.15) is 0 Å². The van der Waals surface area contributed by atoms with E-state index in [-0.39, 0.29) is 11.7 Å². The largest absolute Gasteiger partial charge is 0.383 e. The van der Waals surface area contributed by atoms with Gasteiger partial charge in [0.1, 0.15) is 23.3 Å². The lowest BCUT2D eigenvalue weighted by Crippen LogP contribution is -2.08. The van der Waals surface area contributed by atoms with Gasteiger partial charge < -0.3 is 11.1 Å². The average Bonchev–Trinajstić information content (AvgIpc) is 2.37.